The molecule has 4 saturated carbocycles. The Bertz CT molecular complexity index is 374. The Balaban J connectivity index is 1.59. The highest BCUT2D eigenvalue weighted by Crippen LogP contribution is 2.55. The van der Waals surface area contributed by atoms with E-state index in [1.54, 1.807) is 18.7 Å². The highest BCUT2D eigenvalue weighted by Gasteiger charge is 2.51. The molecule has 0 saturated heterocycles. The fourth-order valence-electron chi connectivity index (χ4n) is 5.12. The van der Waals surface area contributed by atoms with E-state index in [4.69, 9.17) is 0 Å². The molecule has 4 heteroatoms. The van der Waals surface area contributed by atoms with Gasteiger partial charge in [0.25, 0.3) is 0 Å². The zero-order valence-electron chi connectivity index (χ0n) is 13.5. The first-order chi connectivity index (χ1) is 9.87. The molecule has 21 heavy (non-hydrogen) atoms. The summed E-state index contributed by atoms with van der Waals surface area (Å²) in [5, 5.41) is 13.0. The largest absolute Gasteiger partial charge is 0.392 e. The number of hydrogen-bond donors (Lipinski definition) is 2. The summed E-state index contributed by atoms with van der Waals surface area (Å²) in [6, 6.07) is 0. The normalized spacial score (nSPS) is 41.6. The quantitative estimate of drug-likeness (QED) is 0.820. The molecule has 4 aliphatic carbocycles. The van der Waals surface area contributed by atoms with E-state index < -0.39 is 0 Å². The molecule has 0 aromatic heterocycles. The minimum Gasteiger partial charge on any atom is -0.392 e. The lowest BCUT2D eigenvalue weighted by atomic mass is 9.53. The van der Waals surface area contributed by atoms with Gasteiger partial charge < -0.3 is 10.4 Å². The number of thioether (sulfide) groups is 1. The second-order valence-corrected chi connectivity index (χ2v) is 9.63. The summed E-state index contributed by atoms with van der Waals surface area (Å²) in [5.74, 6) is 2.75. The van der Waals surface area contributed by atoms with Gasteiger partial charge in [-0.3, -0.25) is 4.79 Å². The molecular formula is C17H29NO2S. The first-order valence-corrected chi connectivity index (χ1v) is 9.47. The third-order valence-corrected chi connectivity index (χ3v) is 7.34. The van der Waals surface area contributed by atoms with Crippen LogP contribution in [0.15, 0.2) is 0 Å². The van der Waals surface area contributed by atoms with E-state index in [9.17, 15) is 9.90 Å². The van der Waals surface area contributed by atoms with Gasteiger partial charge in [0.15, 0.2) is 0 Å². The topological polar surface area (TPSA) is 49.3 Å². The number of aliphatic hydroxyl groups is 1. The molecule has 120 valence electrons. The SMILES string of the molecule is C[C@H](S[C@@H](C)[C@H](C)O)C(=O)NC12CC3CC(CC(C3)C1)C2. The molecule has 0 unspecified atom stereocenters. The van der Waals surface area contributed by atoms with Crippen LogP contribution >= 0.6 is 11.8 Å². The number of rotatable bonds is 5. The molecule has 4 fully saturated rings. The van der Waals surface area contributed by atoms with Gasteiger partial charge in [-0.25, -0.2) is 0 Å². The van der Waals surface area contributed by atoms with Crippen molar-refractivity contribution in [1.82, 2.24) is 5.32 Å². The first kappa shape index (κ1) is 15.7. The van der Waals surface area contributed by atoms with Crippen LogP contribution in [0.25, 0.3) is 0 Å². The fourth-order valence-corrected chi connectivity index (χ4v) is 6.18. The molecule has 1 amide bonds. The van der Waals surface area contributed by atoms with Crippen molar-refractivity contribution in [2.45, 2.75) is 81.4 Å². The van der Waals surface area contributed by atoms with Crippen LogP contribution in [0, 0.1) is 17.8 Å². The maximum Gasteiger partial charge on any atom is 0.233 e. The van der Waals surface area contributed by atoms with Crippen LogP contribution in [0.4, 0.5) is 0 Å². The van der Waals surface area contributed by atoms with Gasteiger partial charge in [-0.05, 0) is 70.1 Å². The smallest absolute Gasteiger partial charge is 0.233 e. The predicted molar refractivity (Wildman–Crippen MR) is 87.2 cm³/mol. The van der Waals surface area contributed by atoms with Crippen LogP contribution in [0.2, 0.25) is 0 Å². The average Bonchev–Trinajstić information content (AvgIpc) is 2.35. The third-order valence-electron chi connectivity index (χ3n) is 5.89. The van der Waals surface area contributed by atoms with Crippen molar-refractivity contribution in [1.29, 1.82) is 0 Å². The van der Waals surface area contributed by atoms with Crippen LogP contribution in [-0.2, 0) is 4.79 Å². The van der Waals surface area contributed by atoms with Gasteiger partial charge in [0.1, 0.15) is 0 Å². The van der Waals surface area contributed by atoms with Crippen molar-refractivity contribution in [3.05, 3.63) is 0 Å². The van der Waals surface area contributed by atoms with Crippen molar-refractivity contribution >= 4 is 17.7 Å². The summed E-state index contributed by atoms with van der Waals surface area (Å²) in [7, 11) is 0. The summed E-state index contributed by atoms with van der Waals surface area (Å²) in [4.78, 5) is 12.6. The maximum atomic E-state index is 12.6. The van der Waals surface area contributed by atoms with Gasteiger partial charge in [0.2, 0.25) is 5.91 Å². The Morgan fingerprint density at radius 1 is 1.10 bits per heavy atom. The van der Waals surface area contributed by atoms with E-state index in [1.807, 2.05) is 13.8 Å². The van der Waals surface area contributed by atoms with E-state index in [2.05, 4.69) is 5.32 Å². The van der Waals surface area contributed by atoms with Crippen molar-refractivity contribution in [3.63, 3.8) is 0 Å². The molecule has 4 aliphatic rings. The molecule has 0 aromatic rings. The van der Waals surface area contributed by atoms with Crippen molar-refractivity contribution < 1.29 is 9.90 Å². The van der Waals surface area contributed by atoms with Gasteiger partial charge in [-0.1, -0.05) is 6.92 Å². The summed E-state index contributed by atoms with van der Waals surface area (Å²) in [6.07, 6.45) is 7.44. The van der Waals surface area contributed by atoms with Gasteiger partial charge in [-0.15, -0.1) is 11.8 Å². The number of carbonyl (C=O) groups excluding carboxylic acids is 1. The molecule has 0 aromatic carbocycles. The monoisotopic (exact) mass is 311 g/mol. The lowest BCUT2D eigenvalue weighted by molar-refractivity contribution is -0.126. The van der Waals surface area contributed by atoms with Gasteiger partial charge in [-0.2, -0.15) is 0 Å². The van der Waals surface area contributed by atoms with Crippen LogP contribution in [0.3, 0.4) is 0 Å². The van der Waals surface area contributed by atoms with Crippen LogP contribution in [0.1, 0.15) is 59.3 Å². The summed E-state index contributed by atoms with van der Waals surface area (Å²) in [5.41, 5.74) is 0.106. The van der Waals surface area contributed by atoms with E-state index in [1.165, 1.54) is 38.5 Å². The third kappa shape index (κ3) is 3.26. The van der Waals surface area contributed by atoms with E-state index in [0.717, 1.165) is 17.8 Å². The Morgan fingerprint density at radius 3 is 2.00 bits per heavy atom. The molecule has 3 atom stereocenters. The second kappa shape index (κ2) is 5.77. The van der Waals surface area contributed by atoms with Crippen LogP contribution in [-0.4, -0.2) is 33.2 Å². The minimum atomic E-state index is -0.371. The number of nitrogens with one attached hydrogen (secondary N) is 1. The summed E-state index contributed by atoms with van der Waals surface area (Å²) in [6.45, 7) is 5.75. The van der Waals surface area contributed by atoms with Gasteiger partial charge >= 0.3 is 0 Å². The summed E-state index contributed by atoms with van der Waals surface area (Å²) < 4.78 is 0. The molecule has 0 spiro atoms. The molecular weight excluding hydrogens is 282 g/mol. The Hall–Kier alpha value is -0.220. The Labute approximate surface area is 132 Å². The summed E-state index contributed by atoms with van der Waals surface area (Å²) >= 11 is 1.58. The number of carbonyl (C=O) groups is 1. The highest BCUT2D eigenvalue weighted by molar-refractivity contribution is 8.01. The predicted octanol–water partition coefficient (Wildman–Crippen LogP) is 2.96. The highest BCUT2D eigenvalue weighted by atomic mass is 32.2. The van der Waals surface area contributed by atoms with Crippen molar-refractivity contribution in [3.8, 4) is 0 Å². The van der Waals surface area contributed by atoms with Crippen LogP contribution in [0.5, 0.6) is 0 Å². The number of hydrogen-bond acceptors (Lipinski definition) is 3. The maximum absolute atomic E-state index is 12.6. The second-order valence-electron chi connectivity index (χ2n) is 7.91. The van der Waals surface area contributed by atoms with Gasteiger partial charge in [0.05, 0.1) is 11.4 Å². The average molecular weight is 311 g/mol. The van der Waals surface area contributed by atoms with Gasteiger partial charge in [0, 0.05) is 10.8 Å². The zero-order chi connectivity index (χ0) is 15.2. The zero-order valence-corrected chi connectivity index (χ0v) is 14.3. The van der Waals surface area contributed by atoms with Crippen molar-refractivity contribution in [2.75, 3.05) is 0 Å². The number of aliphatic hydroxyl groups excluding tert-OH is 1. The van der Waals surface area contributed by atoms with Crippen LogP contribution < -0.4 is 5.32 Å². The lowest BCUT2D eigenvalue weighted by Gasteiger charge is -2.57. The molecule has 3 nitrogen and oxygen atoms in total. The Morgan fingerprint density at radius 2 is 1.57 bits per heavy atom. The molecule has 4 bridgehead atoms. The minimum absolute atomic E-state index is 0.0809. The standard InChI is InChI=1S/C17H29NO2S/c1-10(19)11(2)21-12(3)16(20)18-17-7-13-4-14(8-17)6-15(5-13)9-17/h10-15,19H,4-9H2,1-3H3,(H,18,20)/t10-,11-,12-,13?,14?,15?,17?/m0/s1. The first-order valence-electron chi connectivity index (χ1n) is 8.52. The van der Waals surface area contributed by atoms with E-state index >= 15 is 0 Å². The molecule has 0 radical (unpaired) electrons. The number of amides is 1. The van der Waals surface area contributed by atoms with E-state index in [-0.39, 0.29) is 28.0 Å². The molecule has 4 rings (SSSR count). The molecule has 2 N–H and O–H groups in total. The fraction of sp³-hybridized carbons (Fsp3) is 0.941. The Kier molecular flexibility index (Phi) is 4.30. The van der Waals surface area contributed by atoms with Crippen molar-refractivity contribution in [2.24, 2.45) is 17.8 Å². The van der Waals surface area contributed by atoms with E-state index in [0.29, 0.717) is 0 Å². The molecule has 0 heterocycles. The lowest BCUT2D eigenvalue weighted by Crippen LogP contribution is -2.60. The molecule has 0 aliphatic heterocycles.